The fourth-order valence-corrected chi connectivity index (χ4v) is 4.27. The monoisotopic (exact) mass is 352 g/mol. The molecule has 24 heavy (non-hydrogen) atoms. The minimum atomic E-state index is -3.05. The zero-order valence-corrected chi connectivity index (χ0v) is 15.3. The molecule has 0 radical (unpaired) electrons. The van der Waals surface area contributed by atoms with Gasteiger partial charge < -0.3 is 10.2 Å². The Labute approximate surface area is 143 Å². The van der Waals surface area contributed by atoms with E-state index in [1.165, 1.54) is 4.90 Å². The molecule has 1 saturated heterocycles. The average Bonchev–Trinajstić information content (AvgIpc) is 2.85. The van der Waals surface area contributed by atoms with Gasteiger partial charge in [-0.1, -0.05) is 26.8 Å². The van der Waals surface area contributed by atoms with Gasteiger partial charge in [-0.3, -0.25) is 9.59 Å². The minimum absolute atomic E-state index is 0.00961. The molecular formula is C17H24N2O4S. The summed E-state index contributed by atoms with van der Waals surface area (Å²) >= 11 is 0. The van der Waals surface area contributed by atoms with Crippen molar-refractivity contribution in [1.29, 1.82) is 0 Å². The highest BCUT2D eigenvalue weighted by atomic mass is 32.2. The van der Waals surface area contributed by atoms with Crippen LogP contribution in [-0.4, -0.2) is 49.7 Å². The Bertz CT molecular complexity index is 750. The predicted molar refractivity (Wildman–Crippen MR) is 93.7 cm³/mol. The van der Waals surface area contributed by atoms with Crippen molar-refractivity contribution in [3.8, 4) is 0 Å². The van der Waals surface area contributed by atoms with Gasteiger partial charge in [-0.05, 0) is 24.6 Å². The highest BCUT2D eigenvalue weighted by Gasteiger charge is 2.33. The van der Waals surface area contributed by atoms with E-state index in [0.29, 0.717) is 17.7 Å². The first-order valence-electron chi connectivity index (χ1n) is 7.89. The normalized spacial score (nSPS) is 19.8. The number of nitrogens with one attached hydrogen (secondary N) is 1. The third kappa shape index (κ3) is 4.35. The van der Waals surface area contributed by atoms with Crippen molar-refractivity contribution in [3.05, 3.63) is 29.8 Å². The number of amides is 2. The first-order valence-corrected chi connectivity index (χ1v) is 9.71. The zero-order chi connectivity index (χ0) is 18.1. The summed E-state index contributed by atoms with van der Waals surface area (Å²) in [6, 6.07) is 6.40. The Kier molecular flexibility index (Phi) is 5.03. The van der Waals surface area contributed by atoms with Crippen molar-refractivity contribution in [2.75, 3.05) is 23.9 Å². The number of hydrogen-bond acceptors (Lipinski definition) is 4. The molecule has 1 aromatic carbocycles. The second-order valence-corrected chi connectivity index (χ2v) is 9.49. The summed E-state index contributed by atoms with van der Waals surface area (Å²) < 4.78 is 23.2. The number of sulfone groups is 1. The number of rotatable bonds is 3. The third-order valence-electron chi connectivity index (χ3n) is 4.13. The van der Waals surface area contributed by atoms with Gasteiger partial charge in [0.25, 0.3) is 5.91 Å². The maximum atomic E-state index is 12.6. The van der Waals surface area contributed by atoms with Crippen LogP contribution in [-0.2, 0) is 14.6 Å². The number of benzene rings is 1. The van der Waals surface area contributed by atoms with Crippen molar-refractivity contribution in [2.45, 2.75) is 33.2 Å². The molecule has 1 N–H and O–H groups in total. The summed E-state index contributed by atoms with van der Waals surface area (Å²) in [6.07, 6.45) is 0.463. The maximum Gasteiger partial charge on any atom is 0.253 e. The van der Waals surface area contributed by atoms with E-state index < -0.39 is 15.3 Å². The molecule has 0 aromatic heterocycles. The van der Waals surface area contributed by atoms with Gasteiger partial charge in [0.2, 0.25) is 5.91 Å². The molecule has 0 aliphatic carbocycles. The molecule has 132 valence electrons. The quantitative estimate of drug-likeness (QED) is 0.901. The molecule has 2 rings (SSSR count). The van der Waals surface area contributed by atoms with Gasteiger partial charge in [0.15, 0.2) is 9.84 Å². The highest BCUT2D eigenvalue weighted by molar-refractivity contribution is 7.91. The second kappa shape index (κ2) is 6.55. The number of carbonyl (C=O) groups is 2. The fourth-order valence-electron chi connectivity index (χ4n) is 2.50. The van der Waals surface area contributed by atoms with Gasteiger partial charge in [0, 0.05) is 29.8 Å². The lowest BCUT2D eigenvalue weighted by Crippen LogP contribution is -2.37. The molecule has 1 heterocycles. The van der Waals surface area contributed by atoms with Gasteiger partial charge >= 0.3 is 0 Å². The largest absolute Gasteiger partial charge is 0.338 e. The number of carbonyl (C=O) groups excluding carboxylic acids is 2. The van der Waals surface area contributed by atoms with E-state index >= 15 is 0 Å². The predicted octanol–water partition coefficient (Wildman–Crippen LogP) is 1.93. The van der Waals surface area contributed by atoms with Crippen LogP contribution in [0.5, 0.6) is 0 Å². The standard InChI is InChI=1S/C17H24N2O4S/c1-17(2,3)16(21)18-13-7-5-6-12(10-13)15(20)19(4)14-8-9-24(22,23)11-14/h5-7,10,14H,8-9,11H2,1-4H3,(H,18,21)/t14-/m1/s1. The SMILES string of the molecule is CN(C(=O)c1cccc(NC(=O)C(C)(C)C)c1)[C@@H]1CCS(=O)(=O)C1. The van der Waals surface area contributed by atoms with Crippen molar-refractivity contribution in [1.82, 2.24) is 4.90 Å². The van der Waals surface area contributed by atoms with Crippen LogP contribution in [0.2, 0.25) is 0 Å². The van der Waals surface area contributed by atoms with Crippen molar-refractivity contribution in [2.24, 2.45) is 5.41 Å². The molecule has 0 spiro atoms. The van der Waals surface area contributed by atoms with E-state index in [1.54, 1.807) is 31.3 Å². The Morgan fingerprint density at radius 2 is 1.92 bits per heavy atom. The van der Waals surface area contributed by atoms with E-state index in [0.717, 1.165) is 0 Å². The molecule has 1 fully saturated rings. The van der Waals surface area contributed by atoms with Crippen LogP contribution in [0.4, 0.5) is 5.69 Å². The first kappa shape index (κ1) is 18.4. The lowest BCUT2D eigenvalue weighted by Gasteiger charge is -2.24. The molecule has 7 heteroatoms. The van der Waals surface area contributed by atoms with Gasteiger partial charge in [0.05, 0.1) is 11.5 Å². The lowest BCUT2D eigenvalue weighted by molar-refractivity contribution is -0.123. The summed E-state index contributed by atoms with van der Waals surface area (Å²) in [5.41, 5.74) is 0.441. The maximum absolute atomic E-state index is 12.6. The Morgan fingerprint density at radius 3 is 2.46 bits per heavy atom. The Hall–Kier alpha value is -1.89. The summed E-state index contributed by atoms with van der Waals surface area (Å²) in [5.74, 6) is -0.251. The second-order valence-electron chi connectivity index (χ2n) is 7.26. The molecule has 2 amide bonds. The number of nitrogens with zero attached hydrogens (tertiary/aromatic N) is 1. The topological polar surface area (TPSA) is 83.6 Å². The molecular weight excluding hydrogens is 328 g/mol. The van der Waals surface area contributed by atoms with Crippen LogP contribution >= 0.6 is 0 Å². The summed E-state index contributed by atoms with van der Waals surface area (Å²) in [7, 11) is -1.43. The molecule has 1 atom stereocenters. The van der Waals surface area contributed by atoms with Gasteiger partial charge in [-0.15, -0.1) is 0 Å². The Balaban J connectivity index is 2.13. The smallest absolute Gasteiger partial charge is 0.253 e. The lowest BCUT2D eigenvalue weighted by atomic mass is 9.95. The highest BCUT2D eigenvalue weighted by Crippen LogP contribution is 2.21. The summed E-state index contributed by atoms with van der Waals surface area (Å²) in [6.45, 7) is 5.43. The van der Waals surface area contributed by atoms with Crippen LogP contribution in [0.1, 0.15) is 37.6 Å². The fraction of sp³-hybridized carbons (Fsp3) is 0.529. The van der Waals surface area contributed by atoms with Crippen molar-refractivity contribution >= 4 is 27.3 Å². The van der Waals surface area contributed by atoms with E-state index in [9.17, 15) is 18.0 Å². The zero-order valence-electron chi connectivity index (χ0n) is 14.5. The van der Waals surface area contributed by atoms with Crippen LogP contribution in [0.25, 0.3) is 0 Å². The van der Waals surface area contributed by atoms with E-state index in [4.69, 9.17) is 0 Å². The molecule has 0 saturated carbocycles. The number of hydrogen-bond donors (Lipinski definition) is 1. The van der Waals surface area contributed by atoms with Crippen molar-refractivity contribution < 1.29 is 18.0 Å². The number of anilines is 1. The van der Waals surface area contributed by atoms with Gasteiger partial charge in [-0.25, -0.2) is 8.42 Å². The molecule has 1 aliphatic rings. The third-order valence-corrected chi connectivity index (χ3v) is 5.88. The summed E-state index contributed by atoms with van der Waals surface area (Å²) in [5, 5.41) is 2.79. The van der Waals surface area contributed by atoms with Gasteiger partial charge in [0.1, 0.15) is 0 Å². The first-order chi connectivity index (χ1) is 11.0. The molecule has 0 unspecified atom stereocenters. The van der Waals surface area contributed by atoms with Crippen LogP contribution in [0.3, 0.4) is 0 Å². The van der Waals surface area contributed by atoms with Crippen LogP contribution < -0.4 is 5.32 Å². The van der Waals surface area contributed by atoms with E-state index in [-0.39, 0.29) is 29.4 Å². The minimum Gasteiger partial charge on any atom is -0.338 e. The van der Waals surface area contributed by atoms with E-state index in [2.05, 4.69) is 5.32 Å². The van der Waals surface area contributed by atoms with Crippen LogP contribution in [0, 0.1) is 5.41 Å². The summed E-state index contributed by atoms with van der Waals surface area (Å²) in [4.78, 5) is 26.1. The van der Waals surface area contributed by atoms with Crippen molar-refractivity contribution in [3.63, 3.8) is 0 Å². The van der Waals surface area contributed by atoms with Crippen LogP contribution in [0.15, 0.2) is 24.3 Å². The molecule has 6 nitrogen and oxygen atoms in total. The van der Waals surface area contributed by atoms with E-state index in [1.807, 2.05) is 20.8 Å². The molecule has 1 aromatic rings. The molecule has 0 bridgehead atoms. The molecule has 1 aliphatic heterocycles. The Morgan fingerprint density at radius 1 is 1.25 bits per heavy atom. The average molecular weight is 352 g/mol. The van der Waals surface area contributed by atoms with Gasteiger partial charge in [-0.2, -0.15) is 0 Å².